The largest absolute Gasteiger partial charge is 0.380 e. The van der Waals surface area contributed by atoms with Crippen LogP contribution in [0, 0.1) is 0 Å². The van der Waals surface area contributed by atoms with Crippen molar-refractivity contribution in [3.8, 4) is 0 Å². The maximum Gasteiger partial charge on any atom is 0.252 e. The SMILES string of the molecule is O=C(NCC1(c2ccccc2)CCCC1)C1(O)CCSCC1. The van der Waals surface area contributed by atoms with Gasteiger partial charge in [0, 0.05) is 12.0 Å². The first-order valence-corrected chi connectivity index (χ1v) is 9.44. The first-order chi connectivity index (χ1) is 10.6. The van der Waals surface area contributed by atoms with E-state index in [1.54, 1.807) is 0 Å². The highest BCUT2D eigenvalue weighted by Crippen LogP contribution is 2.40. The predicted molar refractivity (Wildman–Crippen MR) is 91.1 cm³/mol. The van der Waals surface area contributed by atoms with Crippen molar-refractivity contribution in [2.75, 3.05) is 18.1 Å². The van der Waals surface area contributed by atoms with Crippen LogP contribution < -0.4 is 5.32 Å². The van der Waals surface area contributed by atoms with E-state index in [0.717, 1.165) is 24.3 Å². The summed E-state index contributed by atoms with van der Waals surface area (Å²) in [5, 5.41) is 13.6. The first kappa shape index (κ1) is 15.9. The molecule has 0 atom stereocenters. The van der Waals surface area contributed by atoms with Gasteiger partial charge in [0.05, 0.1) is 0 Å². The molecule has 0 aromatic heterocycles. The third-order valence-corrected chi connectivity index (χ3v) is 6.26. The van der Waals surface area contributed by atoms with Crippen LogP contribution in [0.4, 0.5) is 0 Å². The lowest BCUT2D eigenvalue weighted by atomic mass is 9.78. The Hall–Kier alpha value is -1.00. The predicted octanol–water partition coefficient (Wildman–Crippen LogP) is 2.87. The Labute approximate surface area is 136 Å². The number of nitrogens with one attached hydrogen (secondary N) is 1. The molecule has 3 nitrogen and oxygen atoms in total. The Balaban J connectivity index is 1.69. The van der Waals surface area contributed by atoms with Crippen LogP contribution >= 0.6 is 11.8 Å². The van der Waals surface area contributed by atoms with Crippen molar-refractivity contribution in [3.63, 3.8) is 0 Å². The van der Waals surface area contributed by atoms with Crippen LogP contribution in [-0.4, -0.2) is 34.7 Å². The fourth-order valence-corrected chi connectivity index (χ4v) is 4.93. The summed E-state index contributed by atoms with van der Waals surface area (Å²) in [4.78, 5) is 12.5. The quantitative estimate of drug-likeness (QED) is 0.897. The van der Waals surface area contributed by atoms with E-state index in [1.165, 1.54) is 18.4 Å². The molecule has 22 heavy (non-hydrogen) atoms. The average Bonchev–Trinajstić information content (AvgIpc) is 3.04. The molecule has 1 amide bonds. The molecule has 0 bridgehead atoms. The first-order valence-electron chi connectivity index (χ1n) is 8.29. The van der Waals surface area contributed by atoms with E-state index in [-0.39, 0.29) is 11.3 Å². The van der Waals surface area contributed by atoms with Crippen LogP contribution in [0.25, 0.3) is 0 Å². The number of hydrogen-bond donors (Lipinski definition) is 2. The van der Waals surface area contributed by atoms with Crippen molar-refractivity contribution in [3.05, 3.63) is 35.9 Å². The van der Waals surface area contributed by atoms with Gasteiger partial charge in [0.25, 0.3) is 5.91 Å². The summed E-state index contributed by atoms with van der Waals surface area (Å²) in [6, 6.07) is 10.5. The third-order valence-electron chi connectivity index (χ3n) is 5.28. The van der Waals surface area contributed by atoms with Crippen LogP contribution in [-0.2, 0) is 10.2 Å². The topological polar surface area (TPSA) is 49.3 Å². The highest BCUT2D eigenvalue weighted by molar-refractivity contribution is 7.99. The minimum Gasteiger partial charge on any atom is -0.380 e. The summed E-state index contributed by atoms with van der Waals surface area (Å²) >= 11 is 1.81. The Morgan fingerprint density at radius 3 is 2.36 bits per heavy atom. The number of hydrogen-bond acceptors (Lipinski definition) is 3. The van der Waals surface area contributed by atoms with Gasteiger partial charge in [-0.25, -0.2) is 0 Å². The fraction of sp³-hybridized carbons (Fsp3) is 0.611. The number of benzene rings is 1. The zero-order valence-corrected chi connectivity index (χ0v) is 13.8. The Kier molecular flexibility index (Phi) is 4.79. The van der Waals surface area contributed by atoms with Gasteiger partial charge in [-0.05, 0) is 42.8 Å². The van der Waals surface area contributed by atoms with Crippen LogP contribution in [0.1, 0.15) is 44.1 Å². The van der Waals surface area contributed by atoms with Gasteiger partial charge in [-0.15, -0.1) is 0 Å². The standard InChI is InChI=1S/C18H25NO2S/c20-16(18(21)10-12-22-13-11-18)19-14-17(8-4-5-9-17)15-6-2-1-3-7-15/h1-3,6-7,21H,4-5,8-14H2,(H,19,20). The molecule has 4 heteroatoms. The Morgan fingerprint density at radius 2 is 1.73 bits per heavy atom. The molecule has 0 spiro atoms. The Bertz CT molecular complexity index is 505. The summed E-state index contributed by atoms with van der Waals surface area (Å²) in [7, 11) is 0. The summed E-state index contributed by atoms with van der Waals surface area (Å²) < 4.78 is 0. The molecule has 1 aromatic rings. The van der Waals surface area contributed by atoms with Crippen molar-refractivity contribution >= 4 is 17.7 Å². The number of carbonyl (C=O) groups excluding carboxylic acids is 1. The second-order valence-corrected chi connectivity index (χ2v) is 7.90. The van der Waals surface area contributed by atoms with Crippen molar-refractivity contribution in [1.29, 1.82) is 0 Å². The Morgan fingerprint density at radius 1 is 1.09 bits per heavy atom. The van der Waals surface area contributed by atoms with Gasteiger partial charge in [0.15, 0.2) is 0 Å². The zero-order chi connectivity index (χ0) is 15.5. The highest BCUT2D eigenvalue weighted by atomic mass is 32.2. The van der Waals surface area contributed by atoms with Crippen molar-refractivity contribution in [1.82, 2.24) is 5.32 Å². The van der Waals surface area contributed by atoms with Gasteiger partial charge in [0.2, 0.25) is 0 Å². The smallest absolute Gasteiger partial charge is 0.252 e. The number of carbonyl (C=O) groups is 1. The van der Waals surface area contributed by atoms with Crippen molar-refractivity contribution in [2.45, 2.75) is 49.5 Å². The lowest BCUT2D eigenvalue weighted by Crippen LogP contribution is -2.52. The normalized spacial score (nSPS) is 23.1. The second kappa shape index (κ2) is 6.63. The minimum atomic E-state index is -1.15. The van der Waals surface area contributed by atoms with E-state index in [4.69, 9.17) is 0 Å². The summed E-state index contributed by atoms with van der Waals surface area (Å²) in [5.74, 6) is 1.57. The number of aliphatic hydroxyl groups is 1. The lowest BCUT2D eigenvalue weighted by molar-refractivity contribution is -0.140. The molecule has 2 N–H and O–H groups in total. The van der Waals surface area contributed by atoms with Crippen molar-refractivity contribution in [2.24, 2.45) is 0 Å². The molecule has 1 aromatic carbocycles. The molecule has 1 aliphatic heterocycles. The fourth-order valence-electron chi connectivity index (χ4n) is 3.76. The van der Waals surface area contributed by atoms with Gasteiger partial charge in [-0.2, -0.15) is 11.8 Å². The van der Waals surface area contributed by atoms with Gasteiger partial charge < -0.3 is 10.4 Å². The maximum absolute atomic E-state index is 12.5. The van der Waals surface area contributed by atoms with E-state index in [1.807, 2.05) is 17.8 Å². The number of thioether (sulfide) groups is 1. The van der Waals surface area contributed by atoms with E-state index >= 15 is 0 Å². The van der Waals surface area contributed by atoms with E-state index in [2.05, 4.69) is 29.6 Å². The van der Waals surface area contributed by atoms with Crippen molar-refractivity contribution < 1.29 is 9.90 Å². The zero-order valence-electron chi connectivity index (χ0n) is 13.0. The molecular weight excluding hydrogens is 294 g/mol. The summed E-state index contributed by atoms with van der Waals surface area (Å²) in [6.07, 6.45) is 5.80. The molecule has 0 radical (unpaired) electrons. The molecule has 0 unspecified atom stereocenters. The molecular formula is C18H25NO2S. The molecule has 120 valence electrons. The molecule has 1 heterocycles. The van der Waals surface area contributed by atoms with Gasteiger partial charge in [-0.3, -0.25) is 4.79 Å². The minimum absolute atomic E-state index is 0.0523. The number of amides is 1. The van der Waals surface area contributed by atoms with E-state index < -0.39 is 5.60 Å². The van der Waals surface area contributed by atoms with E-state index in [0.29, 0.717) is 19.4 Å². The summed E-state index contributed by atoms with van der Waals surface area (Å²) in [6.45, 7) is 0.644. The molecule has 1 saturated carbocycles. The van der Waals surface area contributed by atoms with E-state index in [9.17, 15) is 9.90 Å². The van der Waals surface area contributed by atoms with Crippen LogP contribution in [0.2, 0.25) is 0 Å². The monoisotopic (exact) mass is 319 g/mol. The van der Waals surface area contributed by atoms with Gasteiger partial charge in [-0.1, -0.05) is 43.2 Å². The molecule has 2 fully saturated rings. The van der Waals surface area contributed by atoms with Gasteiger partial charge in [0.1, 0.15) is 5.60 Å². The number of rotatable bonds is 4. The van der Waals surface area contributed by atoms with Crippen LogP contribution in [0.3, 0.4) is 0 Å². The summed E-state index contributed by atoms with van der Waals surface area (Å²) in [5.41, 5.74) is 0.220. The van der Waals surface area contributed by atoms with Crippen LogP contribution in [0.5, 0.6) is 0 Å². The van der Waals surface area contributed by atoms with Crippen LogP contribution in [0.15, 0.2) is 30.3 Å². The maximum atomic E-state index is 12.5. The average molecular weight is 319 g/mol. The van der Waals surface area contributed by atoms with Gasteiger partial charge >= 0.3 is 0 Å². The highest BCUT2D eigenvalue weighted by Gasteiger charge is 2.40. The second-order valence-electron chi connectivity index (χ2n) is 6.68. The third kappa shape index (κ3) is 3.18. The lowest BCUT2D eigenvalue weighted by Gasteiger charge is -2.34. The molecule has 3 rings (SSSR count). The molecule has 1 saturated heterocycles. The molecule has 1 aliphatic carbocycles. The molecule has 2 aliphatic rings.